The number of nitrogens with two attached hydrogens (primary N) is 1. The minimum absolute atomic E-state index is 0.246. The van der Waals surface area contributed by atoms with Gasteiger partial charge in [0.15, 0.2) is 0 Å². The second-order valence-corrected chi connectivity index (χ2v) is 4.78. The van der Waals surface area contributed by atoms with Crippen molar-refractivity contribution in [2.45, 2.75) is 26.4 Å². The quantitative estimate of drug-likeness (QED) is 0.794. The van der Waals surface area contributed by atoms with Crippen molar-refractivity contribution in [3.8, 4) is 0 Å². The molecule has 20 heavy (non-hydrogen) atoms. The molecule has 0 aliphatic rings. The van der Waals surface area contributed by atoms with Crippen LogP contribution in [0.15, 0.2) is 30.6 Å². The Balaban J connectivity index is 2.06. The summed E-state index contributed by atoms with van der Waals surface area (Å²) in [5.41, 5.74) is 7.91. The number of aromatic nitrogens is 4. The highest BCUT2D eigenvalue weighted by molar-refractivity contribution is 5.76. The van der Waals surface area contributed by atoms with Crippen LogP contribution in [0.2, 0.25) is 0 Å². The van der Waals surface area contributed by atoms with E-state index in [1.807, 2.05) is 4.57 Å². The third-order valence-corrected chi connectivity index (χ3v) is 3.19. The molecule has 0 bridgehead atoms. The molecule has 0 atom stereocenters. The predicted octanol–water partition coefficient (Wildman–Crippen LogP) is 2.41. The first kappa shape index (κ1) is 12.7. The minimum atomic E-state index is -0.246. The normalized spacial score (nSPS) is 11.3. The van der Waals surface area contributed by atoms with Crippen molar-refractivity contribution < 1.29 is 4.39 Å². The number of hydrogen-bond donors (Lipinski definition) is 1. The van der Waals surface area contributed by atoms with E-state index in [1.165, 1.54) is 12.1 Å². The summed E-state index contributed by atoms with van der Waals surface area (Å²) in [6, 6.07) is 4.66. The lowest BCUT2D eigenvalue weighted by atomic mass is 10.3. The number of nitrogens with zero attached hydrogens (tertiary/aromatic N) is 4. The van der Waals surface area contributed by atoms with Crippen LogP contribution >= 0.6 is 0 Å². The van der Waals surface area contributed by atoms with E-state index in [1.54, 1.807) is 23.1 Å². The van der Waals surface area contributed by atoms with Crippen LogP contribution < -0.4 is 5.73 Å². The van der Waals surface area contributed by atoms with E-state index in [0.29, 0.717) is 12.2 Å². The SMILES string of the molecule is CCCn1c(Cn2cc(N)cn2)nc2ccc(F)cc21. The maximum Gasteiger partial charge on any atom is 0.131 e. The molecule has 0 aliphatic heterocycles. The molecule has 0 saturated heterocycles. The van der Waals surface area contributed by atoms with Gasteiger partial charge < -0.3 is 10.3 Å². The minimum Gasteiger partial charge on any atom is -0.396 e. The Labute approximate surface area is 115 Å². The molecule has 1 aromatic carbocycles. The molecule has 104 valence electrons. The molecule has 2 N–H and O–H groups in total. The molecule has 0 radical (unpaired) electrons. The molecule has 0 aliphatic carbocycles. The number of rotatable bonds is 4. The number of anilines is 1. The smallest absolute Gasteiger partial charge is 0.131 e. The van der Waals surface area contributed by atoms with Crippen molar-refractivity contribution in [3.05, 3.63) is 42.2 Å². The van der Waals surface area contributed by atoms with Crippen LogP contribution in [-0.4, -0.2) is 19.3 Å². The molecule has 0 amide bonds. The standard InChI is InChI=1S/C14H16FN5/c1-2-5-20-13-6-10(15)3-4-12(13)18-14(20)9-19-8-11(16)7-17-19/h3-4,6-8H,2,5,9,16H2,1H3. The Morgan fingerprint density at radius 2 is 2.20 bits per heavy atom. The van der Waals surface area contributed by atoms with Crippen molar-refractivity contribution in [2.75, 3.05) is 5.73 Å². The number of halogens is 1. The van der Waals surface area contributed by atoms with E-state index >= 15 is 0 Å². The van der Waals surface area contributed by atoms with Crippen LogP contribution in [0.4, 0.5) is 10.1 Å². The van der Waals surface area contributed by atoms with Gasteiger partial charge >= 0.3 is 0 Å². The summed E-state index contributed by atoms with van der Waals surface area (Å²) in [5, 5.41) is 4.16. The number of imidazole rings is 1. The van der Waals surface area contributed by atoms with E-state index in [4.69, 9.17) is 5.73 Å². The molecule has 0 unspecified atom stereocenters. The summed E-state index contributed by atoms with van der Waals surface area (Å²) < 4.78 is 17.2. The molecule has 5 nitrogen and oxygen atoms in total. The second kappa shape index (κ2) is 4.96. The van der Waals surface area contributed by atoms with Gasteiger partial charge in [-0.05, 0) is 24.6 Å². The highest BCUT2D eigenvalue weighted by Gasteiger charge is 2.11. The molecule has 6 heteroatoms. The first-order valence-corrected chi connectivity index (χ1v) is 6.60. The van der Waals surface area contributed by atoms with Gasteiger partial charge in [0.1, 0.15) is 11.6 Å². The van der Waals surface area contributed by atoms with Gasteiger partial charge in [-0.2, -0.15) is 5.10 Å². The van der Waals surface area contributed by atoms with E-state index in [-0.39, 0.29) is 5.82 Å². The van der Waals surface area contributed by atoms with Gasteiger partial charge in [0, 0.05) is 12.7 Å². The van der Waals surface area contributed by atoms with Crippen molar-refractivity contribution in [1.82, 2.24) is 19.3 Å². The van der Waals surface area contributed by atoms with Gasteiger partial charge in [0.2, 0.25) is 0 Å². The van der Waals surface area contributed by atoms with Gasteiger partial charge in [-0.25, -0.2) is 9.37 Å². The largest absolute Gasteiger partial charge is 0.396 e. The summed E-state index contributed by atoms with van der Waals surface area (Å²) >= 11 is 0. The summed E-state index contributed by atoms with van der Waals surface area (Å²) in [5.74, 6) is 0.611. The number of aryl methyl sites for hydroxylation is 1. The second-order valence-electron chi connectivity index (χ2n) is 4.78. The number of benzene rings is 1. The first-order valence-electron chi connectivity index (χ1n) is 6.60. The van der Waals surface area contributed by atoms with E-state index in [2.05, 4.69) is 17.0 Å². The third kappa shape index (κ3) is 2.24. The maximum absolute atomic E-state index is 13.4. The van der Waals surface area contributed by atoms with Gasteiger partial charge in [0.05, 0.1) is 29.5 Å². The number of fused-ring (bicyclic) bond motifs is 1. The molecule has 0 fully saturated rings. The highest BCUT2D eigenvalue weighted by atomic mass is 19.1. The van der Waals surface area contributed by atoms with E-state index < -0.39 is 0 Å². The zero-order valence-corrected chi connectivity index (χ0v) is 11.3. The summed E-state index contributed by atoms with van der Waals surface area (Å²) in [6.07, 6.45) is 4.32. The first-order chi connectivity index (χ1) is 9.67. The van der Waals surface area contributed by atoms with Gasteiger partial charge in [-0.15, -0.1) is 0 Å². The lowest BCUT2D eigenvalue weighted by Gasteiger charge is -2.07. The Morgan fingerprint density at radius 1 is 1.35 bits per heavy atom. The average Bonchev–Trinajstić information content (AvgIpc) is 2.96. The number of hydrogen-bond acceptors (Lipinski definition) is 3. The maximum atomic E-state index is 13.4. The Bertz CT molecular complexity index is 743. The fourth-order valence-electron chi connectivity index (χ4n) is 2.35. The molecule has 0 saturated carbocycles. The third-order valence-electron chi connectivity index (χ3n) is 3.19. The molecule has 2 aromatic heterocycles. The summed E-state index contributed by atoms with van der Waals surface area (Å²) in [4.78, 5) is 4.57. The molecule has 0 spiro atoms. The van der Waals surface area contributed by atoms with Crippen molar-refractivity contribution in [1.29, 1.82) is 0 Å². The lowest BCUT2D eigenvalue weighted by molar-refractivity contribution is 0.591. The van der Waals surface area contributed by atoms with Crippen LogP contribution in [0.3, 0.4) is 0 Å². The Kier molecular flexibility index (Phi) is 3.14. The van der Waals surface area contributed by atoms with Gasteiger partial charge in [-0.1, -0.05) is 6.92 Å². The van der Waals surface area contributed by atoms with Crippen LogP contribution in [0.1, 0.15) is 19.2 Å². The van der Waals surface area contributed by atoms with Crippen LogP contribution in [0, 0.1) is 5.82 Å². The summed E-state index contributed by atoms with van der Waals surface area (Å²) in [6.45, 7) is 3.40. The van der Waals surface area contributed by atoms with Gasteiger partial charge in [0.25, 0.3) is 0 Å². The van der Waals surface area contributed by atoms with Crippen LogP contribution in [-0.2, 0) is 13.1 Å². The zero-order valence-electron chi connectivity index (χ0n) is 11.3. The Morgan fingerprint density at radius 3 is 2.90 bits per heavy atom. The lowest BCUT2D eigenvalue weighted by Crippen LogP contribution is -2.09. The van der Waals surface area contributed by atoms with Gasteiger partial charge in [-0.3, -0.25) is 4.68 Å². The van der Waals surface area contributed by atoms with Crippen molar-refractivity contribution in [2.24, 2.45) is 0 Å². The summed E-state index contributed by atoms with van der Waals surface area (Å²) in [7, 11) is 0. The molecule has 3 rings (SSSR count). The highest BCUT2D eigenvalue weighted by Crippen LogP contribution is 2.19. The molecule has 2 heterocycles. The van der Waals surface area contributed by atoms with E-state index in [0.717, 1.165) is 29.8 Å². The Hall–Kier alpha value is -2.37. The van der Waals surface area contributed by atoms with Crippen LogP contribution in [0.5, 0.6) is 0 Å². The van der Waals surface area contributed by atoms with Crippen molar-refractivity contribution >= 4 is 16.7 Å². The predicted molar refractivity (Wildman–Crippen MR) is 75.7 cm³/mol. The molecular weight excluding hydrogens is 257 g/mol. The number of nitrogen functional groups attached to an aromatic ring is 1. The fraction of sp³-hybridized carbons (Fsp3) is 0.286. The molecule has 3 aromatic rings. The molecular formula is C14H16FN5. The van der Waals surface area contributed by atoms with Crippen molar-refractivity contribution in [3.63, 3.8) is 0 Å². The van der Waals surface area contributed by atoms with Crippen LogP contribution in [0.25, 0.3) is 11.0 Å². The van der Waals surface area contributed by atoms with E-state index in [9.17, 15) is 4.39 Å². The fourth-order valence-corrected chi connectivity index (χ4v) is 2.35. The zero-order chi connectivity index (χ0) is 14.1. The topological polar surface area (TPSA) is 61.7 Å². The average molecular weight is 273 g/mol. The monoisotopic (exact) mass is 273 g/mol.